The van der Waals surface area contributed by atoms with Crippen LogP contribution in [0, 0.1) is 0 Å². The first kappa shape index (κ1) is 62.1. The van der Waals surface area contributed by atoms with Crippen LogP contribution in [-0.2, 0) is 19.1 Å². The standard InChI is InChI=1S/C59H110O5/c1-3-5-7-9-11-13-15-17-19-20-21-22-23-24-25-26-27-28-29-30-31-32-33-34-35-36-37-38-40-41-43-45-47-49-51-53-58(61)63-56-57(55-60)64-59(62)54-52-50-48-46-44-42-39-18-16-14-12-10-8-6-4-2/h12,14,18,20-21,39,57,60H,3-11,13,15-17,19,22-38,40-56H2,1-2H3/b14-12-,21-20-,39-18-. The number of aliphatic hydroxyl groups excluding tert-OH is 1. The monoisotopic (exact) mass is 899 g/mol. The fraction of sp³-hybridized carbons (Fsp3) is 0.864. The first-order valence-electron chi connectivity index (χ1n) is 28.5. The van der Waals surface area contributed by atoms with Crippen LogP contribution < -0.4 is 0 Å². The molecule has 0 amide bonds. The number of carbonyl (C=O) groups excluding carboxylic acids is 2. The minimum Gasteiger partial charge on any atom is -0.462 e. The second-order valence-electron chi connectivity index (χ2n) is 19.4. The third-order valence-corrected chi connectivity index (χ3v) is 12.9. The van der Waals surface area contributed by atoms with Gasteiger partial charge in [-0.3, -0.25) is 9.59 Å². The molecule has 0 aromatic carbocycles. The van der Waals surface area contributed by atoms with Gasteiger partial charge in [0, 0.05) is 12.8 Å². The Morgan fingerprint density at radius 2 is 0.625 bits per heavy atom. The van der Waals surface area contributed by atoms with E-state index in [0.29, 0.717) is 12.8 Å². The second kappa shape index (κ2) is 55.4. The van der Waals surface area contributed by atoms with E-state index in [9.17, 15) is 14.7 Å². The van der Waals surface area contributed by atoms with Gasteiger partial charge in [0.1, 0.15) is 6.61 Å². The first-order chi connectivity index (χ1) is 31.6. The smallest absolute Gasteiger partial charge is 0.306 e. The maximum absolute atomic E-state index is 12.2. The molecule has 5 heteroatoms. The molecule has 376 valence electrons. The number of carbonyl (C=O) groups is 2. The highest BCUT2D eigenvalue weighted by molar-refractivity contribution is 5.70. The van der Waals surface area contributed by atoms with E-state index in [-0.39, 0.29) is 25.2 Å². The summed E-state index contributed by atoms with van der Waals surface area (Å²) in [7, 11) is 0. The molecule has 1 unspecified atom stereocenters. The van der Waals surface area contributed by atoms with Crippen LogP contribution in [0.15, 0.2) is 36.5 Å². The largest absolute Gasteiger partial charge is 0.462 e. The van der Waals surface area contributed by atoms with Gasteiger partial charge in [-0.2, -0.15) is 0 Å². The van der Waals surface area contributed by atoms with Crippen molar-refractivity contribution in [3.63, 3.8) is 0 Å². The van der Waals surface area contributed by atoms with E-state index in [1.54, 1.807) is 0 Å². The van der Waals surface area contributed by atoms with E-state index < -0.39 is 6.10 Å². The summed E-state index contributed by atoms with van der Waals surface area (Å²) >= 11 is 0. The summed E-state index contributed by atoms with van der Waals surface area (Å²) in [5.74, 6) is -0.593. The molecular formula is C59H110O5. The number of unbranched alkanes of at least 4 members (excludes halogenated alkanes) is 39. The zero-order chi connectivity index (χ0) is 46.3. The summed E-state index contributed by atoms with van der Waals surface area (Å²) in [6, 6.07) is 0. The molecule has 1 atom stereocenters. The Balaban J connectivity index is 3.39. The fourth-order valence-electron chi connectivity index (χ4n) is 8.58. The lowest BCUT2D eigenvalue weighted by atomic mass is 10.0. The zero-order valence-corrected chi connectivity index (χ0v) is 43.1. The molecule has 0 aliphatic carbocycles. The Morgan fingerprint density at radius 3 is 0.969 bits per heavy atom. The molecule has 1 N–H and O–H groups in total. The van der Waals surface area contributed by atoms with Gasteiger partial charge in [-0.25, -0.2) is 0 Å². The number of ether oxygens (including phenoxy) is 2. The average molecular weight is 900 g/mol. The van der Waals surface area contributed by atoms with Crippen LogP contribution in [0.4, 0.5) is 0 Å². The van der Waals surface area contributed by atoms with Gasteiger partial charge in [0.15, 0.2) is 6.10 Å². The topological polar surface area (TPSA) is 72.8 Å². The number of hydrogen-bond acceptors (Lipinski definition) is 5. The Labute approximate surface area is 399 Å². The predicted molar refractivity (Wildman–Crippen MR) is 279 cm³/mol. The first-order valence-corrected chi connectivity index (χ1v) is 28.5. The van der Waals surface area contributed by atoms with Crippen LogP contribution in [0.25, 0.3) is 0 Å². The van der Waals surface area contributed by atoms with Crippen molar-refractivity contribution in [1.82, 2.24) is 0 Å². The quantitative estimate of drug-likeness (QED) is 0.0374. The van der Waals surface area contributed by atoms with E-state index in [4.69, 9.17) is 9.47 Å². The third kappa shape index (κ3) is 52.7. The van der Waals surface area contributed by atoms with Gasteiger partial charge in [-0.15, -0.1) is 0 Å². The Bertz CT molecular complexity index is 1020. The van der Waals surface area contributed by atoms with Crippen LogP contribution in [-0.4, -0.2) is 36.4 Å². The SMILES string of the molecule is CCCCC/C=C\C/C=C\CCCCCCCC(=O)OC(CO)COC(=O)CCCCCCCCCCCCCCCCCCCCCCCCC/C=C\CCCCCCCCCC. The fourth-order valence-corrected chi connectivity index (χ4v) is 8.58. The number of aliphatic hydroxyl groups is 1. The summed E-state index contributed by atoms with van der Waals surface area (Å²) in [5, 5.41) is 9.62. The minimum absolute atomic E-state index is 0.0677. The molecule has 0 aromatic rings. The molecule has 0 saturated heterocycles. The number of allylic oxidation sites excluding steroid dienone is 6. The predicted octanol–water partition coefficient (Wildman–Crippen LogP) is 19.1. The van der Waals surface area contributed by atoms with Crippen LogP contribution in [0.2, 0.25) is 0 Å². The molecule has 0 aromatic heterocycles. The van der Waals surface area contributed by atoms with Crippen molar-refractivity contribution in [2.24, 2.45) is 0 Å². The number of esters is 2. The van der Waals surface area contributed by atoms with Crippen molar-refractivity contribution in [3.8, 4) is 0 Å². The Morgan fingerprint density at radius 1 is 0.359 bits per heavy atom. The lowest BCUT2D eigenvalue weighted by Gasteiger charge is -2.15. The highest BCUT2D eigenvalue weighted by Gasteiger charge is 2.16. The highest BCUT2D eigenvalue weighted by atomic mass is 16.6. The number of hydrogen-bond donors (Lipinski definition) is 1. The molecule has 5 nitrogen and oxygen atoms in total. The lowest BCUT2D eigenvalue weighted by Crippen LogP contribution is -2.28. The zero-order valence-electron chi connectivity index (χ0n) is 43.1. The van der Waals surface area contributed by atoms with Crippen LogP contribution >= 0.6 is 0 Å². The normalized spacial score (nSPS) is 12.4. The lowest BCUT2D eigenvalue weighted by molar-refractivity contribution is -0.161. The van der Waals surface area contributed by atoms with Gasteiger partial charge < -0.3 is 14.6 Å². The molecule has 0 heterocycles. The van der Waals surface area contributed by atoms with Crippen molar-refractivity contribution in [3.05, 3.63) is 36.5 Å². The van der Waals surface area contributed by atoms with Crippen molar-refractivity contribution < 1.29 is 24.2 Å². The molecule has 0 radical (unpaired) electrons. The molecule has 0 spiro atoms. The summed E-state index contributed by atoms with van der Waals surface area (Å²) in [5.41, 5.74) is 0. The molecule has 0 aliphatic rings. The van der Waals surface area contributed by atoms with Crippen LogP contribution in [0.5, 0.6) is 0 Å². The molecule has 0 fully saturated rings. The van der Waals surface area contributed by atoms with Crippen molar-refractivity contribution in [2.45, 2.75) is 315 Å². The summed E-state index contributed by atoms with van der Waals surface area (Å²) in [6.45, 7) is 4.13. The van der Waals surface area contributed by atoms with E-state index in [1.807, 2.05) is 0 Å². The van der Waals surface area contributed by atoms with Crippen LogP contribution in [0.3, 0.4) is 0 Å². The maximum atomic E-state index is 12.2. The second-order valence-corrected chi connectivity index (χ2v) is 19.4. The maximum Gasteiger partial charge on any atom is 0.306 e. The van der Waals surface area contributed by atoms with E-state index in [1.165, 1.54) is 231 Å². The molecule has 64 heavy (non-hydrogen) atoms. The average Bonchev–Trinajstić information content (AvgIpc) is 3.30. The van der Waals surface area contributed by atoms with Gasteiger partial charge in [0.25, 0.3) is 0 Å². The van der Waals surface area contributed by atoms with E-state index in [2.05, 4.69) is 50.3 Å². The number of rotatable bonds is 53. The van der Waals surface area contributed by atoms with Gasteiger partial charge in [-0.05, 0) is 70.6 Å². The van der Waals surface area contributed by atoms with Gasteiger partial charge in [0.05, 0.1) is 6.61 Å². The molecule has 0 bridgehead atoms. The van der Waals surface area contributed by atoms with Gasteiger partial charge >= 0.3 is 11.9 Å². The highest BCUT2D eigenvalue weighted by Crippen LogP contribution is 2.17. The Hall–Kier alpha value is -1.88. The molecule has 0 saturated carbocycles. The molecule has 0 aliphatic heterocycles. The van der Waals surface area contributed by atoms with E-state index in [0.717, 1.165) is 51.4 Å². The summed E-state index contributed by atoms with van der Waals surface area (Å²) in [4.78, 5) is 24.4. The van der Waals surface area contributed by atoms with Crippen molar-refractivity contribution in [2.75, 3.05) is 13.2 Å². The Kier molecular flexibility index (Phi) is 53.8. The van der Waals surface area contributed by atoms with E-state index >= 15 is 0 Å². The van der Waals surface area contributed by atoms with Gasteiger partial charge in [-0.1, -0.05) is 262 Å². The van der Waals surface area contributed by atoms with Crippen molar-refractivity contribution in [1.29, 1.82) is 0 Å². The summed E-state index contributed by atoms with van der Waals surface area (Å²) < 4.78 is 10.7. The summed E-state index contributed by atoms with van der Waals surface area (Å²) in [6.07, 6.45) is 71.4. The third-order valence-electron chi connectivity index (χ3n) is 12.9. The van der Waals surface area contributed by atoms with Crippen LogP contribution in [0.1, 0.15) is 309 Å². The minimum atomic E-state index is -0.777. The molecule has 0 rings (SSSR count). The van der Waals surface area contributed by atoms with Crippen molar-refractivity contribution >= 4 is 11.9 Å². The van der Waals surface area contributed by atoms with Gasteiger partial charge in [0.2, 0.25) is 0 Å². The molecular weight excluding hydrogens is 789 g/mol.